The smallest absolute Gasteiger partial charge is 0.338 e. The molecule has 2 aliphatic rings. The molecule has 3 aromatic rings. The first-order valence-electron chi connectivity index (χ1n) is 14.7. The summed E-state index contributed by atoms with van der Waals surface area (Å²) in [6.07, 6.45) is 3.77. The molecular formula is C33H36F2N4O6. The van der Waals surface area contributed by atoms with Crippen molar-refractivity contribution in [3.05, 3.63) is 107 Å². The van der Waals surface area contributed by atoms with Gasteiger partial charge in [0.05, 0.1) is 42.7 Å². The molecule has 1 aromatic heterocycles. The Balaban J connectivity index is 1.40. The summed E-state index contributed by atoms with van der Waals surface area (Å²) in [5, 5.41) is 0. The predicted molar refractivity (Wildman–Crippen MR) is 160 cm³/mol. The minimum Gasteiger partial charge on any atom is -0.468 e. The molecule has 0 radical (unpaired) electrons. The summed E-state index contributed by atoms with van der Waals surface area (Å²) >= 11 is 0. The highest BCUT2D eigenvalue weighted by molar-refractivity contribution is 6.01. The van der Waals surface area contributed by atoms with Gasteiger partial charge in [-0.15, -0.1) is 0 Å². The molecule has 0 spiro atoms. The van der Waals surface area contributed by atoms with Gasteiger partial charge in [0.2, 0.25) is 0 Å². The Labute approximate surface area is 260 Å². The standard InChI is InChI=1S/C33H36F2N4O6/c1-43-21-26-28(30(40)44-2)29(22-11-12-24(34)25(35)20-22)38(32(42)39(26)31(36)41)16-7-15-37-17-13-33(14-18-37,27-10-6-19-45-27)23-8-4-3-5-9-23/h3-6,8-12,19-20,29H,7,13-18,21H2,1-2H3,(H2,36,41). The topological polar surface area (TPSA) is 119 Å². The van der Waals surface area contributed by atoms with Crippen LogP contribution >= 0.6 is 0 Å². The molecule has 1 unspecified atom stereocenters. The van der Waals surface area contributed by atoms with Crippen LogP contribution in [-0.4, -0.2) is 79.7 Å². The number of amides is 4. The number of halogens is 2. The monoisotopic (exact) mass is 622 g/mol. The van der Waals surface area contributed by atoms with Gasteiger partial charge in [-0.2, -0.15) is 0 Å². The molecular weight excluding hydrogens is 586 g/mol. The van der Waals surface area contributed by atoms with E-state index in [-0.39, 0.29) is 35.4 Å². The summed E-state index contributed by atoms with van der Waals surface area (Å²) < 4.78 is 44.5. The van der Waals surface area contributed by atoms with E-state index in [9.17, 15) is 23.2 Å². The molecule has 3 heterocycles. The van der Waals surface area contributed by atoms with E-state index in [1.165, 1.54) is 23.6 Å². The third-order valence-corrected chi connectivity index (χ3v) is 8.67. The fourth-order valence-electron chi connectivity index (χ4n) is 6.50. The van der Waals surface area contributed by atoms with Crippen LogP contribution in [0.15, 0.2) is 82.6 Å². The molecule has 45 heavy (non-hydrogen) atoms. The third kappa shape index (κ3) is 6.20. The van der Waals surface area contributed by atoms with Crippen LogP contribution < -0.4 is 5.73 Å². The molecule has 2 N–H and O–H groups in total. The van der Waals surface area contributed by atoms with Gasteiger partial charge in [0, 0.05) is 13.7 Å². The number of methoxy groups -OCH3 is 2. The van der Waals surface area contributed by atoms with Crippen molar-refractivity contribution in [2.75, 3.05) is 47.0 Å². The number of piperidine rings is 1. The zero-order valence-electron chi connectivity index (χ0n) is 25.2. The molecule has 0 bridgehead atoms. The molecule has 1 atom stereocenters. The molecule has 238 valence electrons. The third-order valence-electron chi connectivity index (χ3n) is 8.67. The van der Waals surface area contributed by atoms with Crippen molar-refractivity contribution in [2.45, 2.75) is 30.7 Å². The van der Waals surface area contributed by atoms with Crippen LogP contribution in [0.5, 0.6) is 0 Å². The first-order chi connectivity index (χ1) is 21.7. The second-order valence-electron chi connectivity index (χ2n) is 11.1. The van der Waals surface area contributed by atoms with Gasteiger partial charge in [-0.1, -0.05) is 36.4 Å². The van der Waals surface area contributed by atoms with Crippen molar-refractivity contribution in [1.29, 1.82) is 0 Å². The summed E-state index contributed by atoms with van der Waals surface area (Å²) in [4.78, 5) is 43.7. The van der Waals surface area contributed by atoms with Gasteiger partial charge in [-0.05, 0) is 74.3 Å². The highest BCUT2D eigenvalue weighted by atomic mass is 19.2. The molecule has 2 aliphatic heterocycles. The molecule has 1 fully saturated rings. The number of hydrogen-bond donors (Lipinski definition) is 1. The van der Waals surface area contributed by atoms with Gasteiger partial charge in [0.25, 0.3) is 0 Å². The Morgan fingerprint density at radius 1 is 1.00 bits per heavy atom. The van der Waals surface area contributed by atoms with E-state index >= 15 is 0 Å². The first-order valence-corrected chi connectivity index (χ1v) is 14.7. The molecule has 5 rings (SSSR count). The number of esters is 1. The summed E-state index contributed by atoms with van der Waals surface area (Å²) in [7, 11) is 2.47. The molecule has 10 nitrogen and oxygen atoms in total. The normalized spacial score (nSPS) is 18.8. The number of primary amides is 1. The van der Waals surface area contributed by atoms with E-state index in [0.717, 1.165) is 50.9 Å². The fraction of sp³-hybridized carbons (Fsp3) is 0.364. The van der Waals surface area contributed by atoms with Crippen LogP contribution in [0.3, 0.4) is 0 Å². The quantitative estimate of drug-likeness (QED) is 0.318. The molecule has 1 saturated heterocycles. The van der Waals surface area contributed by atoms with Crippen LogP contribution in [-0.2, 0) is 19.7 Å². The zero-order valence-corrected chi connectivity index (χ0v) is 25.2. The van der Waals surface area contributed by atoms with E-state index in [1.807, 2.05) is 30.3 Å². The summed E-state index contributed by atoms with van der Waals surface area (Å²) in [5.74, 6) is -2.19. The maximum absolute atomic E-state index is 14.5. The second kappa shape index (κ2) is 13.6. The zero-order chi connectivity index (χ0) is 32.1. The number of carbonyl (C=O) groups is 3. The number of rotatable bonds is 10. The number of nitrogens with two attached hydrogens (primary N) is 1. The van der Waals surface area contributed by atoms with E-state index < -0.39 is 35.7 Å². The summed E-state index contributed by atoms with van der Waals surface area (Å²) in [6, 6.07) is 14.2. The lowest BCUT2D eigenvalue weighted by molar-refractivity contribution is -0.137. The van der Waals surface area contributed by atoms with Crippen LogP contribution in [0.25, 0.3) is 0 Å². The maximum atomic E-state index is 14.5. The maximum Gasteiger partial charge on any atom is 0.338 e. The summed E-state index contributed by atoms with van der Waals surface area (Å²) in [5.41, 5.74) is 6.40. The first kappa shape index (κ1) is 31.9. The van der Waals surface area contributed by atoms with Crippen LogP contribution in [0.4, 0.5) is 18.4 Å². The number of likely N-dealkylation sites (tertiary alicyclic amines) is 1. The lowest BCUT2D eigenvalue weighted by atomic mass is 9.71. The Morgan fingerprint density at radius 2 is 1.73 bits per heavy atom. The van der Waals surface area contributed by atoms with Crippen molar-refractivity contribution in [3.63, 3.8) is 0 Å². The number of urea groups is 2. The Morgan fingerprint density at radius 3 is 2.33 bits per heavy atom. The van der Waals surface area contributed by atoms with Crippen LogP contribution in [0.1, 0.15) is 42.2 Å². The Bertz CT molecular complexity index is 1550. The predicted octanol–water partition coefficient (Wildman–Crippen LogP) is 4.96. The number of imide groups is 1. The second-order valence-corrected chi connectivity index (χ2v) is 11.1. The highest BCUT2D eigenvalue weighted by Gasteiger charge is 2.46. The van der Waals surface area contributed by atoms with Crippen LogP contribution in [0, 0.1) is 11.6 Å². The molecule has 2 aromatic carbocycles. The largest absolute Gasteiger partial charge is 0.468 e. The fourth-order valence-corrected chi connectivity index (χ4v) is 6.50. The van der Waals surface area contributed by atoms with Gasteiger partial charge in [-0.25, -0.2) is 28.1 Å². The average molecular weight is 623 g/mol. The molecule has 12 heteroatoms. The van der Waals surface area contributed by atoms with E-state index in [0.29, 0.717) is 17.9 Å². The number of carbonyl (C=O) groups excluding carboxylic acids is 3. The van der Waals surface area contributed by atoms with Gasteiger partial charge in [0.15, 0.2) is 11.6 Å². The minimum absolute atomic E-state index is 0.0749. The van der Waals surface area contributed by atoms with Crippen molar-refractivity contribution in [1.82, 2.24) is 14.7 Å². The minimum atomic E-state index is -1.19. The highest BCUT2D eigenvalue weighted by Crippen LogP contribution is 2.42. The molecule has 0 aliphatic carbocycles. The van der Waals surface area contributed by atoms with E-state index in [4.69, 9.17) is 19.6 Å². The average Bonchev–Trinajstić information content (AvgIpc) is 3.59. The lowest BCUT2D eigenvalue weighted by Crippen LogP contribution is -2.55. The van der Waals surface area contributed by atoms with Gasteiger partial charge in [0.1, 0.15) is 5.76 Å². The van der Waals surface area contributed by atoms with Crippen molar-refractivity contribution < 1.29 is 37.1 Å². The van der Waals surface area contributed by atoms with E-state index in [1.54, 1.807) is 6.26 Å². The number of hydrogen-bond acceptors (Lipinski definition) is 7. The van der Waals surface area contributed by atoms with E-state index in [2.05, 4.69) is 17.0 Å². The van der Waals surface area contributed by atoms with Crippen molar-refractivity contribution in [3.8, 4) is 0 Å². The van der Waals surface area contributed by atoms with Crippen molar-refractivity contribution in [2.24, 2.45) is 5.73 Å². The van der Waals surface area contributed by atoms with Crippen molar-refractivity contribution >= 4 is 18.0 Å². The molecule has 0 saturated carbocycles. The lowest BCUT2D eigenvalue weighted by Gasteiger charge is -2.43. The number of ether oxygens (including phenoxy) is 2. The SMILES string of the molecule is COCC1=C(C(=O)OC)C(c2ccc(F)c(F)c2)N(CCCN2CCC(c3ccccc3)(c3ccco3)CC2)C(=O)N1C(N)=O. The van der Waals surface area contributed by atoms with Gasteiger partial charge in [-0.3, -0.25) is 0 Å². The van der Waals surface area contributed by atoms with Gasteiger partial charge < -0.3 is 29.4 Å². The molecule has 4 amide bonds. The Hall–Kier alpha value is -4.55. The number of furan rings is 1. The number of benzene rings is 2. The van der Waals surface area contributed by atoms with Crippen LogP contribution in [0.2, 0.25) is 0 Å². The Kier molecular flexibility index (Phi) is 9.64. The van der Waals surface area contributed by atoms with Gasteiger partial charge >= 0.3 is 18.0 Å². The summed E-state index contributed by atoms with van der Waals surface area (Å²) in [6.45, 7) is 1.85. The number of nitrogens with zero attached hydrogens (tertiary/aromatic N) is 3.